The molecule has 0 spiro atoms. The Morgan fingerprint density at radius 3 is 3.15 bits per heavy atom. The van der Waals surface area contributed by atoms with Gasteiger partial charge < -0.3 is 10.2 Å². The lowest BCUT2D eigenvalue weighted by Crippen LogP contribution is -2.10. The molecule has 3 rings (SSSR count). The molecule has 2 aromatic rings. The van der Waals surface area contributed by atoms with Crippen LogP contribution in [0, 0.1) is 0 Å². The van der Waals surface area contributed by atoms with Gasteiger partial charge in [-0.1, -0.05) is 0 Å². The Morgan fingerprint density at radius 1 is 1.46 bits per heavy atom. The molecule has 0 bridgehead atoms. The third-order valence-electron chi connectivity index (χ3n) is 2.47. The number of hydrogen-bond donors (Lipinski definition) is 1. The summed E-state index contributed by atoms with van der Waals surface area (Å²) in [4.78, 5) is 11.3. The van der Waals surface area contributed by atoms with Crippen molar-refractivity contribution in [2.24, 2.45) is 0 Å². The first-order valence-corrected chi connectivity index (χ1v) is 4.17. The summed E-state index contributed by atoms with van der Waals surface area (Å²) in [6, 6.07) is 3.60. The van der Waals surface area contributed by atoms with Gasteiger partial charge >= 0.3 is 5.76 Å². The predicted molar refractivity (Wildman–Crippen MR) is 48.6 cm³/mol. The van der Waals surface area contributed by atoms with Gasteiger partial charge in [0.15, 0.2) is 5.58 Å². The smallest absolute Gasteiger partial charge is 0.408 e. The average Bonchev–Trinajstić information content (AvgIpc) is 2.58. The number of oxazole rings is 1. The minimum absolute atomic E-state index is 0.278. The van der Waals surface area contributed by atoms with Crippen molar-refractivity contribution in [3.05, 3.63) is 28.2 Å². The van der Waals surface area contributed by atoms with E-state index in [1.54, 1.807) is 10.6 Å². The quantitative estimate of drug-likeness (QED) is 0.602. The Labute approximate surface area is 73.6 Å². The zero-order valence-corrected chi connectivity index (χ0v) is 6.91. The van der Waals surface area contributed by atoms with Crippen LogP contribution in [0.15, 0.2) is 21.3 Å². The molecule has 0 aliphatic carbocycles. The van der Waals surface area contributed by atoms with Crippen molar-refractivity contribution in [2.75, 3.05) is 5.73 Å². The molecule has 4 heteroatoms. The highest BCUT2D eigenvalue weighted by Gasteiger charge is 2.19. The molecule has 1 aromatic heterocycles. The van der Waals surface area contributed by atoms with Gasteiger partial charge in [0, 0.05) is 18.3 Å². The minimum Gasteiger partial charge on any atom is -0.408 e. The number of nitrogen functional groups attached to an aromatic ring is 1. The van der Waals surface area contributed by atoms with E-state index in [1.165, 1.54) is 0 Å². The molecule has 0 fully saturated rings. The van der Waals surface area contributed by atoms with E-state index >= 15 is 0 Å². The normalized spacial score (nSPS) is 14.2. The molecule has 0 saturated carbocycles. The number of aromatic nitrogens is 1. The number of aryl methyl sites for hydroxylation is 2. The van der Waals surface area contributed by atoms with Crippen molar-refractivity contribution >= 4 is 16.8 Å². The summed E-state index contributed by atoms with van der Waals surface area (Å²) < 4.78 is 6.70. The van der Waals surface area contributed by atoms with Crippen LogP contribution in [0.4, 0.5) is 5.69 Å². The maximum Gasteiger partial charge on any atom is 0.419 e. The van der Waals surface area contributed by atoms with E-state index in [0.717, 1.165) is 17.5 Å². The highest BCUT2D eigenvalue weighted by atomic mass is 16.4. The van der Waals surface area contributed by atoms with Crippen LogP contribution in [0.5, 0.6) is 0 Å². The van der Waals surface area contributed by atoms with Gasteiger partial charge in [0.05, 0.1) is 5.52 Å². The van der Waals surface area contributed by atoms with Crippen LogP contribution in [0.25, 0.3) is 11.1 Å². The highest BCUT2D eigenvalue weighted by molar-refractivity contribution is 5.82. The van der Waals surface area contributed by atoms with Gasteiger partial charge in [0.2, 0.25) is 0 Å². The monoisotopic (exact) mass is 176 g/mol. The van der Waals surface area contributed by atoms with Gasteiger partial charge in [0.25, 0.3) is 0 Å². The van der Waals surface area contributed by atoms with Gasteiger partial charge in [-0.3, -0.25) is 4.57 Å². The zero-order chi connectivity index (χ0) is 9.00. The van der Waals surface area contributed by atoms with E-state index in [9.17, 15) is 4.79 Å². The van der Waals surface area contributed by atoms with Crippen molar-refractivity contribution in [3.63, 3.8) is 0 Å². The first kappa shape index (κ1) is 6.77. The van der Waals surface area contributed by atoms with E-state index in [2.05, 4.69) is 0 Å². The molecule has 1 aromatic carbocycles. The number of nitrogens with zero attached hydrogens (tertiary/aromatic N) is 1. The van der Waals surface area contributed by atoms with Gasteiger partial charge in [0.1, 0.15) is 0 Å². The maximum absolute atomic E-state index is 11.3. The second-order valence-corrected chi connectivity index (χ2v) is 3.30. The molecule has 66 valence electrons. The fourth-order valence-electron chi connectivity index (χ4n) is 1.94. The second kappa shape index (κ2) is 1.96. The highest BCUT2D eigenvalue weighted by Crippen LogP contribution is 2.26. The van der Waals surface area contributed by atoms with Crippen LogP contribution in [0.1, 0.15) is 5.56 Å². The fraction of sp³-hybridized carbons (Fsp3) is 0.222. The van der Waals surface area contributed by atoms with Gasteiger partial charge in [-0.25, -0.2) is 4.79 Å². The molecule has 4 nitrogen and oxygen atoms in total. The molecule has 0 saturated heterocycles. The molecule has 0 radical (unpaired) electrons. The molecule has 0 atom stereocenters. The Morgan fingerprint density at radius 2 is 2.31 bits per heavy atom. The summed E-state index contributed by atoms with van der Waals surface area (Å²) in [5, 5.41) is 0. The van der Waals surface area contributed by atoms with Crippen LogP contribution in [0.2, 0.25) is 0 Å². The van der Waals surface area contributed by atoms with Crippen molar-refractivity contribution in [1.29, 1.82) is 0 Å². The first-order valence-electron chi connectivity index (χ1n) is 4.17. The number of nitrogens with two attached hydrogens (primary N) is 1. The van der Waals surface area contributed by atoms with Crippen LogP contribution >= 0.6 is 0 Å². The first-order chi connectivity index (χ1) is 6.25. The number of anilines is 1. The van der Waals surface area contributed by atoms with Crippen LogP contribution in [-0.4, -0.2) is 4.57 Å². The van der Waals surface area contributed by atoms with E-state index in [0.29, 0.717) is 17.8 Å². The molecule has 1 aliphatic rings. The molecule has 0 unspecified atom stereocenters. The maximum atomic E-state index is 11.3. The van der Waals surface area contributed by atoms with Crippen LogP contribution in [0.3, 0.4) is 0 Å². The summed E-state index contributed by atoms with van der Waals surface area (Å²) in [7, 11) is 0. The average molecular weight is 176 g/mol. The predicted octanol–water partition coefficient (Wildman–Crippen LogP) is 0.733. The number of rotatable bonds is 0. The lowest BCUT2D eigenvalue weighted by atomic mass is 10.1. The second-order valence-electron chi connectivity index (χ2n) is 3.30. The third-order valence-corrected chi connectivity index (χ3v) is 2.47. The van der Waals surface area contributed by atoms with Gasteiger partial charge in [-0.2, -0.15) is 0 Å². The Bertz CT molecular complexity index is 550. The van der Waals surface area contributed by atoms with E-state index in [4.69, 9.17) is 10.2 Å². The Kier molecular flexibility index (Phi) is 1.02. The zero-order valence-electron chi connectivity index (χ0n) is 6.91. The summed E-state index contributed by atoms with van der Waals surface area (Å²) in [6.07, 6.45) is 0.877. The molecule has 1 aliphatic heterocycles. The molecule has 13 heavy (non-hydrogen) atoms. The van der Waals surface area contributed by atoms with Crippen molar-refractivity contribution in [1.82, 2.24) is 4.57 Å². The number of hydrogen-bond acceptors (Lipinski definition) is 3. The minimum atomic E-state index is -0.278. The topological polar surface area (TPSA) is 61.2 Å². The van der Waals surface area contributed by atoms with E-state index in [1.807, 2.05) is 6.07 Å². The van der Waals surface area contributed by atoms with Gasteiger partial charge in [-0.15, -0.1) is 0 Å². The molecule has 0 amide bonds. The molecular weight excluding hydrogens is 168 g/mol. The molecular formula is C9H8N2O2. The summed E-state index contributed by atoms with van der Waals surface area (Å²) >= 11 is 0. The van der Waals surface area contributed by atoms with E-state index in [-0.39, 0.29) is 5.76 Å². The fourth-order valence-corrected chi connectivity index (χ4v) is 1.94. The SMILES string of the molecule is Nc1cc2c3c(c1)oc(=O)n3CC2. The lowest BCUT2D eigenvalue weighted by Gasteiger charge is -1.95. The van der Waals surface area contributed by atoms with Crippen LogP contribution < -0.4 is 11.5 Å². The van der Waals surface area contributed by atoms with Crippen molar-refractivity contribution in [2.45, 2.75) is 13.0 Å². The molecule has 2 heterocycles. The standard InChI is InChI=1S/C9H8N2O2/c10-6-3-5-1-2-11-8(5)7(4-6)13-9(11)12/h3-4H,1-2,10H2. The lowest BCUT2D eigenvalue weighted by molar-refractivity contribution is 0.509. The largest absolute Gasteiger partial charge is 0.419 e. The Balaban J connectivity index is 2.61. The third kappa shape index (κ3) is 0.722. The van der Waals surface area contributed by atoms with Gasteiger partial charge in [-0.05, 0) is 18.1 Å². The van der Waals surface area contributed by atoms with Crippen molar-refractivity contribution in [3.8, 4) is 0 Å². The molecule has 2 N–H and O–H groups in total. The number of benzene rings is 1. The summed E-state index contributed by atoms with van der Waals surface area (Å²) in [5.41, 5.74) is 8.96. The van der Waals surface area contributed by atoms with Crippen molar-refractivity contribution < 1.29 is 4.42 Å². The summed E-state index contributed by atoms with van der Waals surface area (Å²) in [5.74, 6) is -0.278. The Hall–Kier alpha value is -1.71. The van der Waals surface area contributed by atoms with E-state index < -0.39 is 0 Å². The van der Waals surface area contributed by atoms with Crippen LogP contribution in [-0.2, 0) is 13.0 Å². The summed E-state index contributed by atoms with van der Waals surface area (Å²) in [6.45, 7) is 0.713.